The summed E-state index contributed by atoms with van der Waals surface area (Å²) >= 11 is 0. The molecule has 2 atom stereocenters. The maximum absolute atomic E-state index is 14.5. The van der Waals surface area contributed by atoms with Gasteiger partial charge in [-0.3, -0.25) is 4.90 Å². The molecule has 2 nitrogen and oxygen atoms in total. The lowest BCUT2D eigenvalue weighted by Gasteiger charge is -2.38. The van der Waals surface area contributed by atoms with Gasteiger partial charge in [0.05, 0.1) is 19.1 Å². The summed E-state index contributed by atoms with van der Waals surface area (Å²) in [7, 11) is 0. The van der Waals surface area contributed by atoms with Gasteiger partial charge in [-0.25, -0.2) is 8.78 Å². The summed E-state index contributed by atoms with van der Waals surface area (Å²) in [5.41, 5.74) is 0.923. The summed E-state index contributed by atoms with van der Waals surface area (Å²) in [6.07, 6.45) is 1.38. The van der Waals surface area contributed by atoms with E-state index in [2.05, 4.69) is 0 Å². The molecule has 0 N–H and O–H groups in total. The Morgan fingerprint density at radius 3 is 2.68 bits per heavy atom. The molecule has 2 aliphatic carbocycles. The Kier molecular flexibility index (Phi) is 2.34. The molecule has 4 heteroatoms. The van der Waals surface area contributed by atoms with Crippen molar-refractivity contribution in [1.29, 1.82) is 0 Å². The van der Waals surface area contributed by atoms with E-state index in [1.165, 1.54) is 0 Å². The fourth-order valence-corrected chi connectivity index (χ4v) is 4.14. The van der Waals surface area contributed by atoms with E-state index in [4.69, 9.17) is 4.74 Å². The lowest BCUT2D eigenvalue weighted by Crippen LogP contribution is -2.48. The van der Waals surface area contributed by atoms with Gasteiger partial charge in [-0.15, -0.1) is 0 Å². The third-order valence-corrected chi connectivity index (χ3v) is 5.01. The first-order chi connectivity index (χ1) is 9.19. The van der Waals surface area contributed by atoms with E-state index in [0.29, 0.717) is 32.7 Å². The van der Waals surface area contributed by atoms with Crippen LogP contribution in [-0.2, 0) is 16.7 Å². The first-order valence-corrected chi connectivity index (χ1v) is 6.98. The minimum absolute atomic E-state index is 0.506. The largest absolute Gasteiger partial charge is 0.379 e. The van der Waals surface area contributed by atoms with Crippen molar-refractivity contribution in [3.8, 4) is 0 Å². The second-order valence-corrected chi connectivity index (χ2v) is 5.74. The first-order valence-electron chi connectivity index (χ1n) is 6.98. The highest BCUT2D eigenvalue weighted by atomic mass is 19.3. The molecule has 1 saturated carbocycles. The van der Waals surface area contributed by atoms with Crippen LogP contribution in [0, 0.1) is 5.92 Å². The van der Waals surface area contributed by atoms with Crippen LogP contribution in [0.2, 0.25) is 0 Å². The topological polar surface area (TPSA) is 12.5 Å². The van der Waals surface area contributed by atoms with Crippen LogP contribution in [0.15, 0.2) is 24.3 Å². The van der Waals surface area contributed by atoms with E-state index in [1.807, 2.05) is 29.2 Å². The lowest BCUT2D eigenvalue weighted by atomic mass is 9.86. The SMILES string of the molecule is FC1(F)[C@@H]2CCc3ccccc3[C@@]21N1CCOCC1. The highest BCUT2D eigenvalue weighted by molar-refractivity contribution is 5.48. The van der Waals surface area contributed by atoms with Gasteiger partial charge in [0.2, 0.25) is 0 Å². The van der Waals surface area contributed by atoms with Crippen LogP contribution in [0.3, 0.4) is 0 Å². The molecule has 1 saturated heterocycles. The lowest BCUT2D eigenvalue weighted by molar-refractivity contribution is -0.0357. The van der Waals surface area contributed by atoms with Crippen LogP contribution >= 0.6 is 0 Å². The average molecular weight is 265 g/mol. The van der Waals surface area contributed by atoms with Gasteiger partial charge in [-0.1, -0.05) is 24.3 Å². The molecule has 102 valence electrons. The van der Waals surface area contributed by atoms with E-state index < -0.39 is 17.4 Å². The van der Waals surface area contributed by atoms with Crippen molar-refractivity contribution in [2.45, 2.75) is 24.3 Å². The van der Waals surface area contributed by atoms with E-state index in [1.54, 1.807) is 0 Å². The Balaban J connectivity index is 1.84. The summed E-state index contributed by atoms with van der Waals surface area (Å²) in [6, 6.07) is 7.74. The molecule has 3 aliphatic rings. The zero-order chi connectivity index (χ0) is 13.1. The van der Waals surface area contributed by atoms with Crippen molar-refractivity contribution in [3.05, 3.63) is 35.4 Å². The smallest absolute Gasteiger partial charge is 0.275 e. The Bertz CT molecular complexity index is 513. The standard InChI is InChI=1S/C15H17F2NO/c16-15(17)13-6-5-11-3-1-2-4-12(11)14(13,15)18-7-9-19-10-8-18/h1-4,13H,5-10H2/t13-,14-/m1/s1. The minimum Gasteiger partial charge on any atom is -0.379 e. The monoisotopic (exact) mass is 265 g/mol. The minimum atomic E-state index is -2.59. The Labute approximate surface area is 111 Å². The highest BCUT2D eigenvalue weighted by Gasteiger charge is 2.84. The molecule has 1 aliphatic heterocycles. The van der Waals surface area contributed by atoms with Crippen LogP contribution in [0.5, 0.6) is 0 Å². The summed E-state index contributed by atoms with van der Waals surface area (Å²) < 4.78 is 34.4. The van der Waals surface area contributed by atoms with Crippen molar-refractivity contribution < 1.29 is 13.5 Å². The number of benzene rings is 1. The molecular weight excluding hydrogens is 248 g/mol. The normalized spacial score (nSPS) is 36.4. The van der Waals surface area contributed by atoms with Crippen LogP contribution in [-0.4, -0.2) is 37.1 Å². The van der Waals surface area contributed by atoms with Crippen molar-refractivity contribution in [1.82, 2.24) is 4.90 Å². The predicted molar refractivity (Wildman–Crippen MR) is 67.3 cm³/mol. The molecule has 4 rings (SSSR count). The second-order valence-electron chi connectivity index (χ2n) is 5.74. The molecule has 2 fully saturated rings. The van der Waals surface area contributed by atoms with E-state index >= 15 is 0 Å². The van der Waals surface area contributed by atoms with Gasteiger partial charge in [0.25, 0.3) is 5.92 Å². The number of halogens is 2. The number of fused-ring (bicyclic) bond motifs is 3. The van der Waals surface area contributed by atoms with Gasteiger partial charge in [0, 0.05) is 13.1 Å². The maximum Gasteiger partial charge on any atom is 0.275 e. The third kappa shape index (κ3) is 1.31. The molecule has 0 unspecified atom stereocenters. The predicted octanol–water partition coefficient (Wildman–Crippen LogP) is 2.43. The second kappa shape index (κ2) is 3.76. The van der Waals surface area contributed by atoms with Crippen molar-refractivity contribution in [2.75, 3.05) is 26.3 Å². The van der Waals surface area contributed by atoms with E-state index in [0.717, 1.165) is 17.5 Å². The number of hydrogen-bond donors (Lipinski definition) is 0. The number of ether oxygens (including phenoxy) is 1. The van der Waals surface area contributed by atoms with E-state index in [-0.39, 0.29) is 0 Å². The van der Waals surface area contributed by atoms with Crippen molar-refractivity contribution in [2.24, 2.45) is 5.92 Å². The van der Waals surface area contributed by atoms with Gasteiger partial charge >= 0.3 is 0 Å². The summed E-state index contributed by atoms with van der Waals surface area (Å²) in [6.45, 7) is 2.35. The van der Waals surface area contributed by atoms with Gasteiger partial charge in [0.15, 0.2) is 0 Å². The van der Waals surface area contributed by atoms with Gasteiger partial charge in [-0.2, -0.15) is 0 Å². The number of aryl methyl sites for hydroxylation is 1. The Morgan fingerprint density at radius 1 is 1.16 bits per heavy atom. The fraction of sp³-hybridized carbons (Fsp3) is 0.600. The molecule has 0 spiro atoms. The van der Waals surface area contributed by atoms with Gasteiger partial charge in [-0.05, 0) is 24.0 Å². The number of nitrogens with zero attached hydrogens (tertiary/aromatic N) is 1. The van der Waals surface area contributed by atoms with Crippen molar-refractivity contribution >= 4 is 0 Å². The summed E-state index contributed by atoms with van der Waals surface area (Å²) in [5.74, 6) is -3.09. The number of rotatable bonds is 1. The Morgan fingerprint density at radius 2 is 1.89 bits per heavy atom. The molecule has 0 bridgehead atoms. The third-order valence-electron chi connectivity index (χ3n) is 5.01. The zero-order valence-electron chi connectivity index (χ0n) is 10.7. The highest BCUT2D eigenvalue weighted by Crippen LogP contribution is 2.72. The van der Waals surface area contributed by atoms with Crippen LogP contribution in [0.4, 0.5) is 8.78 Å². The maximum atomic E-state index is 14.5. The molecule has 1 aromatic rings. The number of alkyl halides is 2. The zero-order valence-corrected chi connectivity index (χ0v) is 10.7. The van der Waals surface area contributed by atoms with Crippen molar-refractivity contribution in [3.63, 3.8) is 0 Å². The van der Waals surface area contributed by atoms with Crippen LogP contribution in [0.25, 0.3) is 0 Å². The molecule has 0 aromatic heterocycles. The molecule has 1 heterocycles. The van der Waals surface area contributed by atoms with Gasteiger partial charge in [0.1, 0.15) is 5.54 Å². The average Bonchev–Trinajstić information content (AvgIpc) is 2.98. The quantitative estimate of drug-likeness (QED) is 0.773. The molecule has 19 heavy (non-hydrogen) atoms. The molecule has 0 amide bonds. The van der Waals surface area contributed by atoms with Gasteiger partial charge < -0.3 is 4.74 Å². The number of hydrogen-bond acceptors (Lipinski definition) is 2. The fourth-order valence-electron chi connectivity index (χ4n) is 4.14. The molecular formula is C15H17F2NO. The van der Waals surface area contributed by atoms with Crippen LogP contribution in [0.1, 0.15) is 17.5 Å². The van der Waals surface area contributed by atoms with Crippen LogP contribution < -0.4 is 0 Å². The summed E-state index contributed by atoms with van der Waals surface area (Å²) in [4.78, 5) is 1.97. The molecule has 0 radical (unpaired) electrons. The molecule has 1 aromatic carbocycles. The first kappa shape index (κ1) is 11.8. The van der Waals surface area contributed by atoms with E-state index in [9.17, 15) is 8.78 Å². The Hall–Kier alpha value is -1.00. The number of morpholine rings is 1. The summed E-state index contributed by atoms with van der Waals surface area (Å²) in [5, 5.41) is 0.